The number of aromatic nitrogens is 2. The number of pyridine rings is 1. The molecule has 1 unspecified atom stereocenters. The smallest absolute Gasteiger partial charge is 0.233 e. The zero-order chi connectivity index (χ0) is 27.1. The Balaban J connectivity index is 1.36. The molecule has 2 aromatic carbocycles. The largest absolute Gasteiger partial charge is 0.481 e. The Hall–Kier alpha value is -3.54. The highest BCUT2D eigenvalue weighted by atomic mass is 32.2. The average molecular weight is 565 g/mol. The summed E-state index contributed by atoms with van der Waals surface area (Å²) in [6.07, 6.45) is 2.38. The number of nitrogens with one attached hydrogen (secondary N) is 1. The van der Waals surface area contributed by atoms with Crippen molar-refractivity contribution in [3.63, 3.8) is 0 Å². The quantitative estimate of drug-likeness (QED) is 0.342. The number of thiazole rings is 1. The SMILES string of the molecule is COc1ccc2nc(NC(=O)C(CC3CCOCC3)c3ccc4c(c3)N(C)c3ccccc3S4(=O)=O)sc2n1. The number of amides is 1. The normalized spacial score (nSPS) is 17.3. The summed E-state index contributed by atoms with van der Waals surface area (Å²) in [6, 6.07) is 15.8. The number of benzene rings is 2. The van der Waals surface area contributed by atoms with E-state index in [-0.39, 0.29) is 15.7 Å². The van der Waals surface area contributed by atoms with Crippen LogP contribution in [0.15, 0.2) is 64.4 Å². The van der Waals surface area contributed by atoms with Crippen molar-refractivity contribution in [1.82, 2.24) is 9.97 Å². The molecule has 2 aliphatic heterocycles. The fraction of sp³-hybridized carbons (Fsp3) is 0.321. The van der Waals surface area contributed by atoms with Gasteiger partial charge in [-0.3, -0.25) is 4.79 Å². The molecule has 4 aromatic rings. The molecule has 0 bridgehead atoms. The Bertz CT molecular complexity index is 1660. The molecule has 1 fully saturated rings. The molecule has 6 rings (SSSR count). The van der Waals surface area contributed by atoms with Gasteiger partial charge in [-0.15, -0.1) is 0 Å². The van der Waals surface area contributed by atoms with Crippen LogP contribution in [0.5, 0.6) is 5.88 Å². The molecule has 9 nitrogen and oxygen atoms in total. The first-order chi connectivity index (χ1) is 18.8. The number of carbonyl (C=O) groups excluding carboxylic acids is 1. The van der Waals surface area contributed by atoms with Gasteiger partial charge in [0.2, 0.25) is 21.6 Å². The lowest BCUT2D eigenvalue weighted by atomic mass is 9.84. The number of methoxy groups -OCH3 is 1. The molecule has 1 atom stereocenters. The van der Waals surface area contributed by atoms with Gasteiger partial charge in [-0.25, -0.2) is 18.4 Å². The summed E-state index contributed by atoms with van der Waals surface area (Å²) >= 11 is 1.29. The molecule has 11 heteroatoms. The molecule has 4 heterocycles. The van der Waals surface area contributed by atoms with E-state index in [4.69, 9.17) is 9.47 Å². The number of ether oxygens (including phenoxy) is 2. The molecule has 0 radical (unpaired) electrons. The van der Waals surface area contributed by atoms with E-state index < -0.39 is 15.8 Å². The Labute approximate surface area is 230 Å². The van der Waals surface area contributed by atoms with Crippen LogP contribution in [0, 0.1) is 5.92 Å². The minimum Gasteiger partial charge on any atom is -0.481 e. The Morgan fingerprint density at radius 1 is 1.10 bits per heavy atom. The molecule has 1 N–H and O–H groups in total. The third-order valence-electron chi connectivity index (χ3n) is 7.45. The standard InChI is InChI=1S/C28H28N4O5S2/c1-32-21-5-3-4-6-23(21)39(34,35)24-9-7-18(16-22(24)32)19(15-17-11-13-37-14-12-17)26(33)31-28-29-20-8-10-25(36-2)30-27(20)38-28/h3-10,16-17,19H,11-15H2,1-2H3,(H,29,31,33). The lowest BCUT2D eigenvalue weighted by Crippen LogP contribution is -2.27. The molecule has 0 spiro atoms. The van der Waals surface area contributed by atoms with Crippen molar-refractivity contribution in [3.8, 4) is 5.88 Å². The number of anilines is 3. The van der Waals surface area contributed by atoms with Crippen molar-refractivity contribution in [2.45, 2.75) is 35.0 Å². The summed E-state index contributed by atoms with van der Waals surface area (Å²) < 4.78 is 37.6. The first-order valence-electron chi connectivity index (χ1n) is 12.8. The van der Waals surface area contributed by atoms with Gasteiger partial charge in [0.05, 0.1) is 34.2 Å². The maximum Gasteiger partial charge on any atom is 0.233 e. The number of sulfone groups is 1. The van der Waals surface area contributed by atoms with Gasteiger partial charge >= 0.3 is 0 Å². The van der Waals surface area contributed by atoms with Gasteiger partial charge in [0.25, 0.3) is 0 Å². The van der Waals surface area contributed by atoms with E-state index in [1.807, 2.05) is 30.1 Å². The monoisotopic (exact) mass is 564 g/mol. The number of carbonyl (C=O) groups is 1. The van der Waals surface area contributed by atoms with Gasteiger partial charge in [-0.2, -0.15) is 0 Å². The lowest BCUT2D eigenvalue weighted by Gasteiger charge is -2.31. The van der Waals surface area contributed by atoms with Crippen molar-refractivity contribution >= 4 is 53.9 Å². The summed E-state index contributed by atoms with van der Waals surface area (Å²) in [6.45, 7) is 1.35. The summed E-state index contributed by atoms with van der Waals surface area (Å²) in [5.41, 5.74) is 2.62. The highest BCUT2D eigenvalue weighted by Gasteiger charge is 2.34. The molecular formula is C28H28N4O5S2. The van der Waals surface area contributed by atoms with Crippen molar-refractivity contribution in [2.75, 3.05) is 37.6 Å². The van der Waals surface area contributed by atoms with Crippen LogP contribution in [0.2, 0.25) is 0 Å². The van der Waals surface area contributed by atoms with Gasteiger partial charge in [-0.05, 0) is 61.1 Å². The van der Waals surface area contributed by atoms with E-state index in [1.165, 1.54) is 11.3 Å². The van der Waals surface area contributed by atoms with E-state index in [2.05, 4.69) is 15.3 Å². The number of hydrogen-bond acceptors (Lipinski definition) is 9. The lowest BCUT2D eigenvalue weighted by molar-refractivity contribution is -0.118. The van der Waals surface area contributed by atoms with Crippen molar-refractivity contribution in [1.29, 1.82) is 0 Å². The number of fused-ring (bicyclic) bond motifs is 3. The molecule has 39 heavy (non-hydrogen) atoms. The van der Waals surface area contributed by atoms with Gasteiger partial charge < -0.3 is 19.7 Å². The fourth-order valence-corrected chi connectivity index (χ4v) is 7.85. The predicted octanol–water partition coefficient (Wildman–Crippen LogP) is 5.15. The molecule has 2 aliphatic rings. The maximum atomic E-state index is 13.8. The minimum absolute atomic E-state index is 0.186. The van der Waals surface area contributed by atoms with Crippen LogP contribution in [0.3, 0.4) is 0 Å². The predicted molar refractivity (Wildman–Crippen MR) is 150 cm³/mol. The van der Waals surface area contributed by atoms with Gasteiger partial charge in [0.1, 0.15) is 10.3 Å². The van der Waals surface area contributed by atoms with E-state index in [0.717, 1.165) is 18.4 Å². The first kappa shape index (κ1) is 25.7. The average Bonchev–Trinajstić information content (AvgIpc) is 3.36. The third kappa shape index (κ3) is 4.75. The highest BCUT2D eigenvalue weighted by molar-refractivity contribution is 7.92. The summed E-state index contributed by atoms with van der Waals surface area (Å²) in [4.78, 5) is 25.8. The summed E-state index contributed by atoms with van der Waals surface area (Å²) in [7, 11) is -0.270. The zero-order valence-electron chi connectivity index (χ0n) is 21.6. The fourth-order valence-electron chi connectivity index (χ4n) is 5.32. The van der Waals surface area contributed by atoms with Crippen LogP contribution in [-0.4, -0.2) is 51.7 Å². The van der Waals surface area contributed by atoms with Gasteiger partial charge in [-0.1, -0.05) is 29.5 Å². The van der Waals surface area contributed by atoms with Crippen LogP contribution in [0.1, 0.15) is 30.7 Å². The Morgan fingerprint density at radius 2 is 1.87 bits per heavy atom. The topological polar surface area (TPSA) is 111 Å². The number of rotatable bonds is 6. The Morgan fingerprint density at radius 3 is 2.67 bits per heavy atom. The number of hydrogen-bond donors (Lipinski definition) is 1. The van der Waals surface area contributed by atoms with Crippen LogP contribution < -0.4 is 15.0 Å². The molecule has 0 saturated carbocycles. The van der Waals surface area contributed by atoms with E-state index in [0.29, 0.717) is 58.3 Å². The zero-order valence-corrected chi connectivity index (χ0v) is 23.2. The van der Waals surface area contributed by atoms with Gasteiger partial charge in [0, 0.05) is 26.3 Å². The van der Waals surface area contributed by atoms with Crippen LogP contribution >= 0.6 is 11.3 Å². The van der Waals surface area contributed by atoms with Crippen LogP contribution in [-0.2, 0) is 19.4 Å². The first-order valence-corrected chi connectivity index (χ1v) is 15.1. The minimum atomic E-state index is -3.68. The second kappa shape index (κ2) is 10.2. The van der Waals surface area contributed by atoms with Gasteiger partial charge in [0.15, 0.2) is 5.13 Å². The molecule has 202 valence electrons. The summed E-state index contributed by atoms with van der Waals surface area (Å²) in [5.74, 6) is 0.112. The Kier molecular flexibility index (Phi) is 6.74. The van der Waals surface area contributed by atoms with E-state index >= 15 is 0 Å². The van der Waals surface area contributed by atoms with Crippen molar-refractivity contribution in [2.24, 2.45) is 5.92 Å². The van der Waals surface area contributed by atoms with Crippen molar-refractivity contribution in [3.05, 3.63) is 60.2 Å². The van der Waals surface area contributed by atoms with E-state index in [1.54, 1.807) is 43.5 Å². The maximum absolute atomic E-state index is 13.8. The number of nitrogens with zero attached hydrogens (tertiary/aromatic N) is 3. The van der Waals surface area contributed by atoms with Crippen LogP contribution in [0.4, 0.5) is 16.5 Å². The number of para-hydroxylation sites is 1. The third-order valence-corrected chi connectivity index (χ3v) is 10.2. The molecule has 1 amide bonds. The molecule has 2 aromatic heterocycles. The second-order valence-electron chi connectivity index (χ2n) is 9.79. The molecular weight excluding hydrogens is 536 g/mol. The second-order valence-corrected chi connectivity index (χ2v) is 12.7. The highest BCUT2D eigenvalue weighted by Crippen LogP contribution is 2.44. The van der Waals surface area contributed by atoms with Crippen LogP contribution in [0.25, 0.3) is 10.3 Å². The molecule has 1 saturated heterocycles. The van der Waals surface area contributed by atoms with Crippen molar-refractivity contribution < 1.29 is 22.7 Å². The molecule has 0 aliphatic carbocycles. The van der Waals surface area contributed by atoms with E-state index in [9.17, 15) is 13.2 Å². The summed E-state index contributed by atoms with van der Waals surface area (Å²) in [5, 5.41) is 3.46.